The van der Waals surface area contributed by atoms with Crippen molar-refractivity contribution in [2.75, 3.05) is 13.3 Å². The number of likely N-dealkylation sites (tertiary alicyclic amines) is 1. The average molecular weight is 325 g/mol. The van der Waals surface area contributed by atoms with Gasteiger partial charge < -0.3 is 0 Å². The minimum Gasteiger partial charge on any atom is -0.294 e. The lowest BCUT2D eigenvalue weighted by atomic mass is 9.70. The quantitative estimate of drug-likeness (QED) is 0.744. The van der Waals surface area contributed by atoms with Crippen molar-refractivity contribution < 1.29 is 13.0 Å². The van der Waals surface area contributed by atoms with Crippen LogP contribution in [-0.2, 0) is 16.5 Å². The van der Waals surface area contributed by atoms with Crippen LogP contribution in [0.5, 0.6) is 0 Å². The number of benzene rings is 1. The minimum atomic E-state index is -3.67. The number of hydrogen-bond acceptors (Lipinski definition) is 3. The molecule has 0 amide bonds. The van der Waals surface area contributed by atoms with Crippen LogP contribution in [0.2, 0.25) is 0 Å². The summed E-state index contributed by atoms with van der Waals surface area (Å²) in [6.45, 7) is 7.24. The van der Waals surface area contributed by atoms with E-state index in [0.29, 0.717) is 23.3 Å². The highest BCUT2D eigenvalue weighted by molar-refractivity contribution is 7.85. The molecule has 1 saturated heterocycles. The molecular weight excluding hydrogens is 298 g/mol. The van der Waals surface area contributed by atoms with Gasteiger partial charge in [0.25, 0.3) is 10.1 Å². The Labute approximate surface area is 134 Å². The molecule has 0 aromatic heterocycles. The van der Waals surface area contributed by atoms with Crippen molar-refractivity contribution >= 4 is 10.1 Å². The van der Waals surface area contributed by atoms with Crippen LogP contribution in [0.3, 0.4) is 0 Å². The molecule has 3 rings (SSSR count). The van der Waals surface area contributed by atoms with Crippen LogP contribution in [0.15, 0.2) is 24.3 Å². The second kappa shape index (κ2) is 5.62. The third-order valence-electron chi connectivity index (χ3n) is 5.25. The molecule has 0 bridgehead atoms. The van der Waals surface area contributed by atoms with Crippen molar-refractivity contribution in [1.29, 1.82) is 0 Å². The predicted octanol–water partition coefficient (Wildman–Crippen LogP) is 3.30. The molecule has 1 aliphatic heterocycles. The average Bonchev–Trinajstić information content (AvgIpc) is 2.66. The maximum Gasteiger partial charge on any atom is 0.261 e. The van der Waals surface area contributed by atoms with Crippen LogP contribution < -0.4 is 0 Å². The Hall–Kier alpha value is -0.910. The smallest absolute Gasteiger partial charge is 0.261 e. The van der Waals surface area contributed by atoms with Gasteiger partial charge in [-0.3, -0.25) is 9.45 Å². The molecule has 1 aromatic rings. The molecule has 0 spiro atoms. The van der Waals surface area contributed by atoms with Crippen LogP contribution >= 0.6 is 0 Å². The maximum absolute atomic E-state index is 9.19. The molecule has 1 aliphatic carbocycles. The van der Waals surface area contributed by atoms with E-state index in [1.54, 1.807) is 11.1 Å². The fourth-order valence-corrected chi connectivity index (χ4v) is 3.89. The van der Waals surface area contributed by atoms with Gasteiger partial charge in [0.05, 0.1) is 6.26 Å². The van der Waals surface area contributed by atoms with E-state index < -0.39 is 10.1 Å². The molecule has 124 valence electrons. The van der Waals surface area contributed by atoms with E-state index in [9.17, 15) is 8.42 Å². The summed E-state index contributed by atoms with van der Waals surface area (Å²) in [7, 11) is -1.36. The molecule has 2 aliphatic rings. The zero-order valence-electron chi connectivity index (χ0n) is 14.1. The summed E-state index contributed by atoms with van der Waals surface area (Å²) in [5.74, 6) is 0. The number of nitrogens with zero attached hydrogens (tertiary/aromatic N) is 1. The van der Waals surface area contributed by atoms with Gasteiger partial charge in [0.1, 0.15) is 0 Å². The van der Waals surface area contributed by atoms with E-state index >= 15 is 0 Å². The van der Waals surface area contributed by atoms with Crippen molar-refractivity contribution in [2.45, 2.75) is 51.6 Å². The highest BCUT2D eigenvalue weighted by Crippen LogP contribution is 2.56. The van der Waals surface area contributed by atoms with Gasteiger partial charge in [-0.25, -0.2) is 0 Å². The zero-order valence-corrected chi connectivity index (χ0v) is 14.9. The Morgan fingerprint density at radius 2 is 1.73 bits per heavy atom. The molecule has 2 atom stereocenters. The Morgan fingerprint density at radius 1 is 1.18 bits per heavy atom. The van der Waals surface area contributed by atoms with Gasteiger partial charge in [-0.05, 0) is 56.7 Å². The molecule has 22 heavy (non-hydrogen) atoms. The molecule has 4 nitrogen and oxygen atoms in total. The molecule has 2 unspecified atom stereocenters. The fraction of sp³-hybridized carbons (Fsp3) is 0.647. The lowest BCUT2D eigenvalue weighted by Crippen LogP contribution is -2.52. The molecule has 1 fully saturated rings. The lowest BCUT2D eigenvalue weighted by Gasteiger charge is -2.52. The molecule has 0 radical (unpaired) electrons. The van der Waals surface area contributed by atoms with Gasteiger partial charge in [-0.2, -0.15) is 8.42 Å². The summed E-state index contributed by atoms with van der Waals surface area (Å²) in [5.41, 5.74) is 3.94. The van der Waals surface area contributed by atoms with Crippen molar-refractivity contribution in [3.63, 3.8) is 0 Å². The second-order valence-electron chi connectivity index (χ2n) is 7.59. The Bertz CT molecular complexity index is 646. The summed E-state index contributed by atoms with van der Waals surface area (Å²) in [5, 5.41) is 0. The first-order chi connectivity index (χ1) is 9.94. The summed E-state index contributed by atoms with van der Waals surface area (Å²) in [6, 6.07) is 9.65. The van der Waals surface area contributed by atoms with Gasteiger partial charge in [-0.1, -0.05) is 31.2 Å². The second-order valence-corrected chi connectivity index (χ2v) is 9.05. The number of piperidine rings is 1. The standard InChI is InChI=1S/C16H23N.CH4O3S/c1-15(2)9-10-16(3)11-12-7-5-6-8-13(12)14(16)17(15)4;1-5(2,3)4/h5-8,14H,9-11H2,1-4H3;1H3,(H,2,3,4). The van der Waals surface area contributed by atoms with Crippen molar-refractivity contribution in [3.8, 4) is 0 Å². The highest BCUT2D eigenvalue weighted by atomic mass is 32.2. The molecule has 0 saturated carbocycles. The first-order valence-electron chi connectivity index (χ1n) is 7.67. The normalized spacial score (nSPS) is 30.0. The Kier molecular flexibility index (Phi) is 4.46. The number of hydrogen-bond donors (Lipinski definition) is 1. The molecule has 1 heterocycles. The molecular formula is C17H27NO3S. The largest absolute Gasteiger partial charge is 0.294 e. The highest BCUT2D eigenvalue weighted by Gasteiger charge is 2.51. The fourth-order valence-electron chi connectivity index (χ4n) is 3.89. The summed E-state index contributed by atoms with van der Waals surface area (Å²) in [6.07, 6.45) is 4.63. The van der Waals surface area contributed by atoms with E-state index in [4.69, 9.17) is 4.55 Å². The summed E-state index contributed by atoms with van der Waals surface area (Å²) < 4.78 is 25.9. The Balaban J connectivity index is 0.000000309. The molecule has 1 N–H and O–H groups in total. The molecule has 1 aromatic carbocycles. The monoisotopic (exact) mass is 325 g/mol. The third kappa shape index (κ3) is 3.53. The zero-order chi connectivity index (χ0) is 16.8. The van der Waals surface area contributed by atoms with Crippen molar-refractivity contribution in [1.82, 2.24) is 4.90 Å². The van der Waals surface area contributed by atoms with Gasteiger partial charge in [0.15, 0.2) is 0 Å². The number of fused-ring (bicyclic) bond motifs is 3. The topological polar surface area (TPSA) is 57.6 Å². The summed E-state index contributed by atoms with van der Waals surface area (Å²) in [4.78, 5) is 2.61. The minimum absolute atomic E-state index is 0.335. The molecule has 5 heteroatoms. The lowest BCUT2D eigenvalue weighted by molar-refractivity contribution is -0.0299. The third-order valence-corrected chi connectivity index (χ3v) is 5.25. The Morgan fingerprint density at radius 3 is 2.32 bits per heavy atom. The predicted molar refractivity (Wildman–Crippen MR) is 89.5 cm³/mol. The van der Waals surface area contributed by atoms with E-state index in [2.05, 4.69) is 57.0 Å². The van der Waals surface area contributed by atoms with Gasteiger partial charge in [0.2, 0.25) is 0 Å². The first kappa shape index (κ1) is 17.4. The number of rotatable bonds is 0. The summed E-state index contributed by atoms with van der Waals surface area (Å²) >= 11 is 0. The van der Waals surface area contributed by atoms with E-state index in [0.717, 1.165) is 0 Å². The van der Waals surface area contributed by atoms with Gasteiger partial charge in [0, 0.05) is 11.6 Å². The van der Waals surface area contributed by atoms with Gasteiger partial charge in [-0.15, -0.1) is 0 Å². The van der Waals surface area contributed by atoms with Crippen molar-refractivity contribution in [3.05, 3.63) is 35.4 Å². The van der Waals surface area contributed by atoms with Crippen LogP contribution in [0.25, 0.3) is 0 Å². The SMILES string of the molecule is CN1C2c3ccccc3CC2(C)CCC1(C)C.CS(=O)(=O)O. The first-order valence-corrected chi connectivity index (χ1v) is 9.52. The van der Waals surface area contributed by atoms with E-state index in [1.165, 1.54) is 19.3 Å². The van der Waals surface area contributed by atoms with Crippen LogP contribution in [0, 0.1) is 5.41 Å². The van der Waals surface area contributed by atoms with Crippen molar-refractivity contribution in [2.24, 2.45) is 5.41 Å². The maximum atomic E-state index is 9.19. The van der Waals surface area contributed by atoms with Gasteiger partial charge >= 0.3 is 0 Å². The van der Waals surface area contributed by atoms with Crippen LogP contribution in [0.4, 0.5) is 0 Å². The van der Waals surface area contributed by atoms with Crippen LogP contribution in [0.1, 0.15) is 50.8 Å². The van der Waals surface area contributed by atoms with E-state index in [-0.39, 0.29) is 0 Å². The van der Waals surface area contributed by atoms with Crippen LogP contribution in [-0.4, -0.2) is 36.7 Å². The van der Waals surface area contributed by atoms with E-state index in [1.807, 2.05) is 0 Å².